The number of methoxy groups -OCH3 is 2. The summed E-state index contributed by atoms with van der Waals surface area (Å²) in [7, 11) is 3.13. The third-order valence-electron chi connectivity index (χ3n) is 5.42. The summed E-state index contributed by atoms with van der Waals surface area (Å²) in [5, 5.41) is 0.699. The van der Waals surface area contributed by atoms with E-state index in [9.17, 15) is 9.59 Å². The van der Waals surface area contributed by atoms with Crippen LogP contribution >= 0.6 is 0 Å². The Kier molecular flexibility index (Phi) is 4.66. The minimum atomic E-state index is -0.0595. The summed E-state index contributed by atoms with van der Waals surface area (Å²) in [5.41, 5.74) is 6.84. The normalized spacial score (nSPS) is 18.2. The van der Waals surface area contributed by atoms with Crippen LogP contribution < -0.4 is 20.1 Å². The Morgan fingerprint density at radius 3 is 2.21 bits per heavy atom. The van der Waals surface area contributed by atoms with Crippen molar-refractivity contribution in [1.82, 2.24) is 14.9 Å². The minimum absolute atomic E-state index is 0.0408. The Labute approximate surface area is 162 Å². The molecule has 28 heavy (non-hydrogen) atoms. The highest BCUT2D eigenvalue weighted by Crippen LogP contribution is 2.34. The Balaban J connectivity index is 1.57. The number of nitrogens with zero attached hydrogens (tertiary/aromatic N) is 4. The number of carbonyl (C=O) groups excluding carboxylic acids is 2. The number of piperidine rings is 1. The number of benzene rings is 1. The van der Waals surface area contributed by atoms with E-state index in [1.165, 1.54) is 4.90 Å². The van der Waals surface area contributed by atoms with Crippen LogP contribution in [0.2, 0.25) is 0 Å². The number of hydrogen-bond donors (Lipinski definition) is 1. The van der Waals surface area contributed by atoms with Gasteiger partial charge in [0, 0.05) is 43.4 Å². The summed E-state index contributed by atoms with van der Waals surface area (Å²) in [5.74, 6) is 1.93. The number of fused-ring (bicyclic) bond motifs is 1. The molecule has 2 N–H and O–H groups in total. The monoisotopic (exact) mass is 385 g/mol. The van der Waals surface area contributed by atoms with E-state index in [1.807, 2.05) is 4.90 Å². The molecule has 9 nitrogen and oxygen atoms in total. The fourth-order valence-corrected chi connectivity index (χ4v) is 3.93. The lowest BCUT2D eigenvalue weighted by molar-refractivity contribution is -0.141. The number of amides is 2. The Bertz CT molecular complexity index is 924. The standard InChI is InChI=1S/C19H23N5O4/c1-27-14-9-12-13(10-15(14)28-2)21-19(22-18(12)20)23-7-5-11(6-8-23)24-16(25)3-4-17(24)26/h9-11H,3-8H2,1-2H3,(H2,20,21,22). The number of rotatable bonds is 4. The molecule has 9 heteroatoms. The number of aromatic nitrogens is 2. The predicted molar refractivity (Wildman–Crippen MR) is 103 cm³/mol. The first-order valence-electron chi connectivity index (χ1n) is 9.31. The van der Waals surface area contributed by atoms with Gasteiger partial charge in [-0.3, -0.25) is 14.5 Å². The first-order chi connectivity index (χ1) is 13.5. The molecule has 2 aliphatic heterocycles. The molecule has 1 aromatic heterocycles. The zero-order chi connectivity index (χ0) is 19.8. The summed E-state index contributed by atoms with van der Waals surface area (Å²) in [4.78, 5) is 36.5. The van der Waals surface area contributed by atoms with E-state index < -0.39 is 0 Å². The number of anilines is 2. The number of ether oxygens (including phenoxy) is 2. The molecule has 2 aliphatic rings. The van der Waals surface area contributed by atoms with Crippen molar-refractivity contribution in [3.63, 3.8) is 0 Å². The van der Waals surface area contributed by atoms with E-state index in [2.05, 4.69) is 9.97 Å². The van der Waals surface area contributed by atoms with Crippen molar-refractivity contribution >= 4 is 34.5 Å². The fourth-order valence-electron chi connectivity index (χ4n) is 3.93. The molecule has 0 aliphatic carbocycles. The molecule has 0 bridgehead atoms. The maximum absolute atomic E-state index is 12.0. The zero-order valence-corrected chi connectivity index (χ0v) is 16.0. The van der Waals surface area contributed by atoms with Crippen LogP contribution in [0, 0.1) is 0 Å². The van der Waals surface area contributed by atoms with E-state index >= 15 is 0 Å². The lowest BCUT2D eigenvalue weighted by Gasteiger charge is -2.35. The molecule has 0 unspecified atom stereocenters. The second-order valence-electron chi connectivity index (χ2n) is 7.01. The molecule has 0 atom stereocenters. The molecule has 2 saturated heterocycles. The predicted octanol–water partition coefficient (Wildman–Crippen LogP) is 1.35. The molecular formula is C19H23N5O4. The summed E-state index contributed by atoms with van der Waals surface area (Å²) >= 11 is 0. The van der Waals surface area contributed by atoms with Crippen molar-refractivity contribution in [2.24, 2.45) is 0 Å². The van der Waals surface area contributed by atoms with E-state index in [-0.39, 0.29) is 17.9 Å². The third kappa shape index (κ3) is 3.06. The molecule has 0 saturated carbocycles. The Hall–Kier alpha value is -3.10. The van der Waals surface area contributed by atoms with Crippen LogP contribution in [0.15, 0.2) is 12.1 Å². The minimum Gasteiger partial charge on any atom is -0.493 e. The zero-order valence-electron chi connectivity index (χ0n) is 16.0. The molecule has 3 heterocycles. The molecule has 0 radical (unpaired) electrons. The van der Waals surface area contributed by atoms with Crippen LogP contribution in [0.5, 0.6) is 11.5 Å². The summed E-state index contributed by atoms with van der Waals surface area (Å²) in [6.07, 6.45) is 2.05. The largest absolute Gasteiger partial charge is 0.493 e. The summed E-state index contributed by atoms with van der Waals surface area (Å²) in [6.45, 7) is 1.31. The maximum atomic E-state index is 12.0. The first-order valence-corrected chi connectivity index (χ1v) is 9.31. The van der Waals surface area contributed by atoms with Crippen molar-refractivity contribution in [3.05, 3.63) is 12.1 Å². The van der Waals surface area contributed by atoms with Crippen molar-refractivity contribution in [3.8, 4) is 11.5 Å². The van der Waals surface area contributed by atoms with Crippen LogP contribution in [-0.2, 0) is 9.59 Å². The summed E-state index contributed by atoms with van der Waals surface area (Å²) in [6, 6.07) is 3.51. The molecule has 2 amide bonds. The van der Waals surface area contributed by atoms with Crippen LogP contribution in [0.3, 0.4) is 0 Å². The molecular weight excluding hydrogens is 362 g/mol. The highest BCUT2D eigenvalue weighted by atomic mass is 16.5. The highest BCUT2D eigenvalue weighted by Gasteiger charge is 2.36. The lowest BCUT2D eigenvalue weighted by atomic mass is 10.0. The quantitative estimate of drug-likeness (QED) is 0.785. The van der Waals surface area contributed by atoms with Crippen molar-refractivity contribution < 1.29 is 19.1 Å². The van der Waals surface area contributed by atoms with E-state index in [4.69, 9.17) is 15.2 Å². The number of nitrogen functional groups attached to an aromatic ring is 1. The molecule has 148 valence electrons. The fraction of sp³-hybridized carbons (Fsp3) is 0.474. The molecule has 1 aromatic carbocycles. The number of imide groups is 1. The van der Waals surface area contributed by atoms with Gasteiger partial charge in [0.15, 0.2) is 11.5 Å². The van der Waals surface area contributed by atoms with Gasteiger partial charge in [-0.15, -0.1) is 0 Å². The van der Waals surface area contributed by atoms with Gasteiger partial charge >= 0.3 is 0 Å². The van der Waals surface area contributed by atoms with Gasteiger partial charge in [0.1, 0.15) is 5.82 Å². The van der Waals surface area contributed by atoms with Crippen LogP contribution in [-0.4, -0.2) is 60.0 Å². The van der Waals surface area contributed by atoms with Crippen LogP contribution in [0.25, 0.3) is 10.9 Å². The molecule has 2 fully saturated rings. The van der Waals surface area contributed by atoms with E-state index in [0.717, 1.165) is 0 Å². The topological polar surface area (TPSA) is 111 Å². The van der Waals surface area contributed by atoms with Gasteiger partial charge in [-0.05, 0) is 18.9 Å². The maximum Gasteiger partial charge on any atom is 0.229 e. The highest BCUT2D eigenvalue weighted by molar-refractivity contribution is 6.02. The van der Waals surface area contributed by atoms with E-state index in [1.54, 1.807) is 26.4 Å². The second kappa shape index (κ2) is 7.14. The van der Waals surface area contributed by atoms with Gasteiger partial charge in [0.2, 0.25) is 17.8 Å². The number of hydrogen-bond acceptors (Lipinski definition) is 8. The molecule has 2 aromatic rings. The van der Waals surface area contributed by atoms with Gasteiger partial charge in [0.05, 0.1) is 19.7 Å². The smallest absolute Gasteiger partial charge is 0.229 e. The SMILES string of the molecule is COc1cc2nc(N3CCC(N4C(=O)CCC4=O)CC3)nc(N)c2cc1OC. The van der Waals surface area contributed by atoms with Crippen LogP contribution in [0.1, 0.15) is 25.7 Å². The second-order valence-corrected chi connectivity index (χ2v) is 7.01. The van der Waals surface area contributed by atoms with Crippen LogP contribution in [0.4, 0.5) is 11.8 Å². The summed E-state index contributed by atoms with van der Waals surface area (Å²) < 4.78 is 10.7. The molecule has 4 rings (SSSR count). The van der Waals surface area contributed by atoms with Gasteiger partial charge in [-0.2, -0.15) is 4.98 Å². The average molecular weight is 385 g/mol. The number of likely N-dealkylation sites (tertiary alicyclic amines) is 1. The third-order valence-corrected chi connectivity index (χ3v) is 5.42. The number of carbonyl (C=O) groups is 2. The lowest BCUT2D eigenvalue weighted by Crippen LogP contribution is -2.47. The van der Waals surface area contributed by atoms with Gasteiger partial charge < -0.3 is 20.1 Å². The van der Waals surface area contributed by atoms with Gasteiger partial charge in [-0.25, -0.2) is 4.98 Å². The Morgan fingerprint density at radius 2 is 1.61 bits per heavy atom. The molecule has 0 spiro atoms. The van der Waals surface area contributed by atoms with Crippen molar-refractivity contribution in [2.75, 3.05) is 37.9 Å². The average Bonchev–Trinajstić information content (AvgIpc) is 3.05. The van der Waals surface area contributed by atoms with E-state index in [0.29, 0.717) is 72.9 Å². The van der Waals surface area contributed by atoms with Gasteiger partial charge in [-0.1, -0.05) is 0 Å². The van der Waals surface area contributed by atoms with Crippen molar-refractivity contribution in [2.45, 2.75) is 31.7 Å². The number of nitrogens with two attached hydrogens (primary N) is 1. The van der Waals surface area contributed by atoms with Crippen molar-refractivity contribution in [1.29, 1.82) is 0 Å². The van der Waals surface area contributed by atoms with Gasteiger partial charge in [0.25, 0.3) is 0 Å². The Morgan fingerprint density at radius 1 is 1.00 bits per heavy atom. The first kappa shape index (κ1) is 18.3.